The number of nitrogens with zero attached hydrogens (tertiary/aromatic N) is 1. The third-order valence-electron chi connectivity index (χ3n) is 3.24. The molecule has 3 nitrogen and oxygen atoms in total. The van der Waals surface area contributed by atoms with Crippen LogP contribution in [-0.4, -0.2) is 18.7 Å². The summed E-state index contributed by atoms with van der Waals surface area (Å²) in [7, 11) is 0. The summed E-state index contributed by atoms with van der Waals surface area (Å²) < 4.78 is 0. The first-order chi connectivity index (χ1) is 12.2. The Hall–Kier alpha value is -1.12. The van der Waals surface area contributed by atoms with Crippen LogP contribution in [0.5, 0.6) is 0 Å². The van der Waals surface area contributed by atoms with Gasteiger partial charge in [-0.2, -0.15) is 0 Å². The van der Waals surface area contributed by atoms with Crippen molar-refractivity contribution in [2.75, 3.05) is 6.67 Å². The normalized spacial score (nSPS) is 11.9. The van der Waals surface area contributed by atoms with Crippen molar-refractivity contribution in [3.63, 3.8) is 0 Å². The molecule has 0 aliphatic carbocycles. The van der Waals surface area contributed by atoms with E-state index >= 15 is 0 Å². The van der Waals surface area contributed by atoms with Gasteiger partial charge in [0.15, 0.2) is 0 Å². The zero-order valence-corrected chi connectivity index (χ0v) is 19.3. The van der Waals surface area contributed by atoms with Crippen LogP contribution in [0.25, 0.3) is 0 Å². The van der Waals surface area contributed by atoms with Crippen molar-refractivity contribution in [2.45, 2.75) is 107 Å². The fourth-order valence-electron chi connectivity index (χ4n) is 1.87. The molecule has 1 heterocycles. The molecule has 0 spiro atoms. The Morgan fingerprint density at radius 2 is 1.46 bits per heavy atom. The van der Waals surface area contributed by atoms with E-state index < -0.39 is 0 Å². The summed E-state index contributed by atoms with van der Waals surface area (Å²) in [5.74, 6) is 1.97. The van der Waals surface area contributed by atoms with Crippen LogP contribution in [0.15, 0.2) is 16.8 Å². The first-order valence-corrected chi connectivity index (χ1v) is 10.6. The second-order valence-electron chi connectivity index (χ2n) is 7.78. The lowest BCUT2D eigenvalue weighted by Crippen LogP contribution is -2.10. The van der Waals surface area contributed by atoms with Crippen molar-refractivity contribution in [1.82, 2.24) is 5.32 Å². The van der Waals surface area contributed by atoms with E-state index in [-0.39, 0.29) is 5.78 Å². The van der Waals surface area contributed by atoms with Gasteiger partial charge in [0.1, 0.15) is 12.5 Å². The molecule has 0 aromatic heterocycles. The molecule has 1 N–H and O–H groups in total. The molecule has 0 aromatic carbocycles. The Labute approximate surface area is 165 Å². The summed E-state index contributed by atoms with van der Waals surface area (Å²) in [6, 6.07) is 0. The second kappa shape index (κ2) is 23.9. The van der Waals surface area contributed by atoms with Gasteiger partial charge < -0.3 is 10.1 Å². The largest absolute Gasteiger partial charge is 0.372 e. The summed E-state index contributed by atoms with van der Waals surface area (Å²) in [6.45, 7) is 19.3. The molecule has 0 unspecified atom stereocenters. The van der Waals surface area contributed by atoms with E-state index in [1.165, 1.54) is 57.9 Å². The minimum atomic E-state index is 0.167. The number of carbonyl (C=O) groups is 1. The van der Waals surface area contributed by atoms with Gasteiger partial charge in [-0.1, -0.05) is 87.0 Å². The maximum absolute atomic E-state index is 9.44. The molecular weight excluding hydrogens is 320 g/mol. The third kappa shape index (κ3) is 38.4. The highest BCUT2D eigenvalue weighted by atomic mass is 16.1. The molecule has 0 bridgehead atoms. The lowest BCUT2D eigenvalue weighted by atomic mass is 9.98. The van der Waals surface area contributed by atoms with Gasteiger partial charge in [0.25, 0.3) is 0 Å². The van der Waals surface area contributed by atoms with Crippen molar-refractivity contribution in [2.24, 2.45) is 16.8 Å². The van der Waals surface area contributed by atoms with Gasteiger partial charge in [-0.15, -0.1) is 0 Å². The molecule has 0 saturated carbocycles. The number of hydrogen-bond acceptors (Lipinski definition) is 3. The van der Waals surface area contributed by atoms with Gasteiger partial charge in [-0.3, -0.25) is 4.99 Å². The number of nitrogens with one attached hydrogen (secondary N) is 1. The number of hydrogen-bond donors (Lipinski definition) is 1. The van der Waals surface area contributed by atoms with Crippen molar-refractivity contribution in [1.29, 1.82) is 0 Å². The van der Waals surface area contributed by atoms with Crippen LogP contribution in [0.2, 0.25) is 0 Å². The Bertz CT molecular complexity index is 331. The predicted octanol–water partition coefficient (Wildman–Crippen LogP) is 7.17. The smallest absolute Gasteiger partial charge is 0.126 e. The number of unbranched alkanes of at least 4 members (excludes halogenated alkanes) is 2. The molecule has 0 amide bonds. The quantitative estimate of drug-likeness (QED) is 0.517. The van der Waals surface area contributed by atoms with Gasteiger partial charge >= 0.3 is 0 Å². The molecule has 1 aliphatic heterocycles. The van der Waals surface area contributed by atoms with Gasteiger partial charge in [0.2, 0.25) is 0 Å². The number of carbonyl (C=O) groups excluding carboxylic acids is 1. The number of Topliss-reactive ketones (excluding diaryl/α,β-unsaturated/α-hetero) is 1. The van der Waals surface area contributed by atoms with Gasteiger partial charge in [0, 0.05) is 12.4 Å². The van der Waals surface area contributed by atoms with Crippen LogP contribution in [0.4, 0.5) is 0 Å². The minimum absolute atomic E-state index is 0.167. The predicted molar refractivity (Wildman–Crippen MR) is 120 cm³/mol. The van der Waals surface area contributed by atoms with E-state index in [2.05, 4.69) is 58.8 Å². The lowest BCUT2D eigenvalue weighted by molar-refractivity contribution is -0.114. The standard InChI is InChI=1S/C10H22.C6H10N2.C4H10.C3H6O/c1-4-6-8-10(3)9-7-5-2;1-2-6-3-7-5-8-4-6;1-4(2)3;1-3(2)4/h10H,4-9H2,1-3H3;3-4,7H,2,5H2,1H3;4H,1-3H3;1-2H3. The number of allylic oxidation sites excluding steroid dienone is 1. The average molecular weight is 369 g/mol. The molecule has 156 valence electrons. The first-order valence-electron chi connectivity index (χ1n) is 10.6. The summed E-state index contributed by atoms with van der Waals surface area (Å²) in [4.78, 5) is 13.5. The molecule has 26 heavy (non-hydrogen) atoms. The van der Waals surface area contributed by atoms with Crippen LogP contribution in [-0.2, 0) is 4.79 Å². The molecule has 1 rings (SSSR count). The fourth-order valence-corrected chi connectivity index (χ4v) is 1.87. The Morgan fingerprint density at radius 1 is 1.04 bits per heavy atom. The first kappa shape index (κ1) is 29.6. The zero-order chi connectivity index (χ0) is 20.8. The van der Waals surface area contributed by atoms with E-state index in [1.54, 1.807) is 0 Å². The van der Waals surface area contributed by atoms with Crippen LogP contribution >= 0.6 is 0 Å². The SMILES string of the molecule is CC(C)=O.CC(C)C.CCC1=CNCN=C1.CCCCC(C)CCCC. The van der Waals surface area contributed by atoms with E-state index in [4.69, 9.17) is 0 Å². The third-order valence-corrected chi connectivity index (χ3v) is 3.24. The van der Waals surface area contributed by atoms with Crippen LogP contribution in [0.1, 0.15) is 107 Å². The highest BCUT2D eigenvalue weighted by Gasteiger charge is 1.98. The number of rotatable bonds is 7. The molecule has 3 heteroatoms. The summed E-state index contributed by atoms with van der Waals surface area (Å²) in [5, 5.41) is 3.03. The maximum atomic E-state index is 9.44. The highest BCUT2D eigenvalue weighted by Crippen LogP contribution is 2.14. The second-order valence-corrected chi connectivity index (χ2v) is 7.78. The van der Waals surface area contributed by atoms with Gasteiger partial charge in [-0.25, -0.2) is 0 Å². The zero-order valence-electron chi connectivity index (χ0n) is 19.3. The molecule has 0 radical (unpaired) electrons. The van der Waals surface area contributed by atoms with E-state index in [0.717, 1.165) is 24.9 Å². The number of ketones is 1. The summed E-state index contributed by atoms with van der Waals surface area (Å²) >= 11 is 0. The Morgan fingerprint density at radius 3 is 1.69 bits per heavy atom. The summed E-state index contributed by atoms with van der Waals surface area (Å²) in [5.41, 5.74) is 1.27. The fraction of sp³-hybridized carbons (Fsp3) is 0.826. The summed E-state index contributed by atoms with van der Waals surface area (Å²) in [6.07, 6.45) is 13.4. The van der Waals surface area contributed by atoms with Crippen molar-refractivity contribution in [3.05, 3.63) is 11.8 Å². The lowest BCUT2D eigenvalue weighted by Gasteiger charge is -2.08. The average Bonchev–Trinajstić information content (AvgIpc) is 2.58. The van der Waals surface area contributed by atoms with Crippen LogP contribution < -0.4 is 5.32 Å². The molecule has 0 fully saturated rings. The maximum Gasteiger partial charge on any atom is 0.126 e. The van der Waals surface area contributed by atoms with Crippen molar-refractivity contribution < 1.29 is 4.79 Å². The Balaban J connectivity index is -0.000000294. The molecule has 0 aromatic rings. The molecule has 0 atom stereocenters. The highest BCUT2D eigenvalue weighted by molar-refractivity contribution is 5.78. The monoisotopic (exact) mass is 368 g/mol. The molecule has 0 saturated heterocycles. The number of aliphatic imine (C=N–C) groups is 1. The minimum Gasteiger partial charge on any atom is -0.372 e. The van der Waals surface area contributed by atoms with Gasteiger partial charge in [-0.05, 0) is 37.7 Å². The van der Waals surface area contributed by atoms with Crippen LogP contribution in [0.3, 0.4) is 0 Å². The Kier molecular flexibility index (Phi) is 27.2. The van der Waals surface area contributed by atoms with E-state index in [0.29, 0.717) is 0 Å². The molecule has 1 aliphatic rings. The van der Waals surface area contributed by atoms with Crippen molar-refractivity contribution in [3.8, 4) is 0 Å². The van der Waals surface area contributed by atoms with E-state index in [1.807, 2.05) is 12.4 Å². The topological polar surface area (TPSA) is 41.5 Å². The van der Waals surface area contributed by atoms with Crippen LogP contribution in [0, 0.1) is 11.8 Å². The van der Waals surface area contributed by atoms with Crippen molar-refractivity contribution >= 4 is 12.0 Å². The van der Waals surface area contributed by atoms with E-state index in [9.17, 15) is 4.79 Å². The molecular formula is C23H48N2O. The van der Waals surface area contributed by atoms with Gasteiger partial charge in [0.05, 0.1) is 0 Å².